The third-order valence-electron chi connectivity index (χ3n) is 6.98. The minimum Gasteiger partial charge on any atom is -0.490 e. The van der Waals surface area contributed by atoms with Gasteiger partial charge in [-0.15, -0.1) is 0 Å². The van der Waals surface area contributed by atoms with E-state index in [1.54, 1.807) is 23.6 Å². The Balaban J connectivity index is 1.35. The first-order valence-electron chi connectivity index (χ1n) is 12.1. The third kappa shape index (κ3) is 4.26. The number of imidazole rings is 1. The van der Waals surface area contributed by atoms with Crippen LogP contribution in [0.25, 0.3) is 22.6 Å². The lowest BCUT2D eigenvalue weighted by Gasteiger charge is -2.29. The zero-order valence-corrected chi connectivity index (χ0v) is 20.0. The van der Waals surface area contributed by atoms with Crippen LogP contribution >= 0.6 is 0 Å². The molecule has 8 nitrogen and oxygen atoms in total. The number of ether oxygens (including phenoxy) is 2. The molecule has 10 heteroatoms. The molecule has 4 aromatic rings. The number of benzene rings is 1. The van der Waals surface area contributed by atoms with E-state index in [1.165, 1.54) is 38.3 Å². The Morgan fingerprint density at radius 3 is 2.58 bits per heavy atom. The second kappa shape index (κ2) is 9.09. The van der Waals surface area contributed by atoms with Crippen LogP contribution in [0.4, 0.5) is 8.78 Å². The molecular formula is C26H26F2N6O2. The van der Waals surface area contributed by atoms with Crippen LogP contribution in [0.5, 0.6) is 11.8 Å². The number of rotatable bonds is 6. The molecule has 0 saturated carbocycles. The van der Waals surface area contributed by atoms with E-state index in [2.05, 4.69) is 25.3 Å². The highest BCUT2D eigenvalue weighted by atomic mass is 19.1. The molecule has 2 bridgehead atoms. The topological polar surface area (TPSA) is 87.0 Å². The summed E-state index contributed by atoms with van der Waals surface area (Å²) < 4.78 is 42.4. The standard InChI is InChI=1S/C26H26F2N6O2/c1-14-23-25(33-26(30-14)35-2)34(24(32-23)16-7-17(27)12-29-11-16)13-15-3-6-20(10-22(15)28)36-21-8-18-4-5-19(9-21)31-18/h3,6-7,10-12,18-19,21,31H,4-5,8-9,13H2,1-2H3/t18-,19+,21?. The van der Waals surface area contributed by atoms with Gasteiger partial charge >= 0.3 is 6.01 Å². The van der Waals surface area contributed by atoms with Gasteiger partial charge in [-0.2, -0.15) is 9.97 Å². The molecule has 0 radical (unpaired) electrons. The predicted octanol–water partition coefficient (Wildman–Crippen LogP) is 4.19. The number of nitrogens with zero attached hydrogens (tertiary/aromatic N) is 5. The minimum atomic E-state index is -0.495. The summed E-state index contributed by atoms with van der Waals surface area (Å²) in [6, 6.07) is 7.44. The summed E-state index contributed by atoms with van der Waals surface area (Å²) in [5.74, 6) is 0.0397. The van der Waals surface area contributed by atoms with Gasteiger partial charge in [-0.3, -0.25) is 4.98 Å². The molecule has 3 atom stereocenters. The number of hydrogen-bond acceptors (Lipinski definition) is 7. The second-order valence-electron chi connectivity index (χ2n) is 9.48. The quantitative estimate of drug-likeness (QED) is 0.432. The van der Waals surface area contributed by atoms with Crippen LogP contribution in [-0.4, -0.2) is 49.8 Å². The molecule has 1 N–H and O–H groups in total. The van der Waals surface area contributed by atoms with E-state index in [9.17, 15) is 4.39 Å². The van der Waals surface area contributed by atoms with E-state index in [-0.39, 0.29) is 18.7 Å². The van der Waals surface area contributed by atoms with Crippen molar-refractivity contribution in [2.75, 3.05) is 7.11 Å². The molecule has 0 spiro atoms. The summed E-state index contributed by atoms with van der Waals surface area (Å²) in [6.07, 6.45) is 6.95. The van der Waals surface area contributed by atoms with Crippen molar-refractivity contribution in [2.24, 2.45) is 0 Å². The van der Waals surface area contributed by atoms with Gasteiger partial charge in [0, 0.05) is 35.5 Å². The van der Waals surface area contributed by atoms with Gasteiger partial charge in [0.25, 0.3) is 0 Å². The van der Waals surface area contributed by atoms with Gasteiger partial charge in [0.2, 0.25) is 0 Å². The maximum atomic E-state index is 15.3. The molecule has 2 aliphatic heterocycles. The number of aryl methyl sites for hydroxylation is 1. The van der Waals surface area contributed by atoms with Crippen LogP contribution in [0.1, 0.15) is 36.9 Å². The summed E-state index contributed by atoms with van der Waals surface area (Å²) in [5, 5.41) is 3.59. The normalized spacial score (nSPS) is 21.2. The maximum absolute atomic E-state index is 15.3. The van der Waals surface area contributed by atoms with Gasteiger partial charge < -0.3 is 19.4 Å². The molecule has 36 heavy (non-hydrogen) atoms. The van der Waals surface area contributed by atoms with Crippen LogP contribution in [0.2, 0.25) is 0 Å². The van der Waals surface area contributed by atoms with Crippen molar-refractivity contribution >= 4 is 11.2 Å². The number of nitrogens with one attached hydrogen (secondary N) is 1. The van der Waals surface area contributed by atoms with Crippen molar-refractivity contribution in [2.45, 2.75) is 57.3 Å². The highest BCUT2D eigenvalue weighted by molar-refractivity contribution is 5.79. The van der Waals surface area contributed by atoms with E-state index in [0.29, 0.717) is 51.6 Å². The SMILES string of the molecule is COc1nc(C)c2nc(-c3cncc(F)c3)n(Cc3ccc(OC4C[C@H]5CC[C@@H](C4)N5)cc3F)c2n1. The molecule has 0 amide bonds. The molecule has 0 aliphatic carbocycles. The Labute approximate surface area is 206 Å². The highest BCUT2D eigenvalue weighted by Gasteiger charge is 2.34. The van der Waals surface area contributed by atoms with Crippen LogP contribution in [-0.2, 0) is 6.54 Å². The van der Waals surface area contributed by atoms with Crippen molar-refractivity contribution in [3.63, 3.8) is 0 Å². The number of hydrogen-bond donors (Lipinski definition) is 1. The lowest BCUT2D eigenvalue weighted by Crippen LogP contribution is -2.42. The lowest BCUT2D eigenvalue weighted by atomic mass is 10.0. The van der Waals surface area contributed by atoms with Crippen molar-refractivity contribution in [1.29, 1.82) is 0 Å². The third-order valence-corrected chi connectivity index (χ3v) is 6.98. The number of piperidine rings is 1. The first-order valence-corrected chi connectivity index (χ1v) is 12.1. The van der Waals surface area contributed by atoms with Crippen molar-refractivity contribution < 1.29 is 18.3 Å². The maximum Gasteiger partial charge on any atom is 0.318 e. The largest absolute Gasteiger partial charge is 0.490 e. The monoisotopic (exact) mass is 492 g/mol. The molecule has 2 aliphatic rings. The predicted molar refractivity (Wildman–Crippen MR) is 129 cm³/mol. The Bertz CT molecular complexity index is 1430. The summed E-state index contributed by atoms with van der Waals surface area (Å²) in [4.78, 5) is 17.4. The fourth-order valence-electron chi connectivity index (χ4n) is 5.30. The molecular weight excluding hydrogens is 466 g/mol. The molecule has 6 rings (SSSR count). The summed E-state index contributed by atoms with van der Waals surface area (Å²) in [6.45, 7) is 1.91. The molecule has 3 aromatic heterocycles. The Hall–Kier alpha value is -3.66. The molecule has 1 aromatic carbocycles. The molecule has 1 unspecified atom stereocenters. The van der Waals surface area contributed by atoms with Gasteiger partial charge in [-0.1, -0.05) is 6.07 Å². The molecule has 2 fully saturated rings. The van der Waals surface area contributed by atoms with Crippen LogP contribution in [0, 0.1) is 18.6 Å². The van der Waals surface area contributed by atoms with Gasteiger partial charge in [0.05, 0.1) is 25.5 Å². The Morgan fingerprint density at radius 1 is 1.06 bits per heavy atom. The second-order valence-corrected chi connectivity index (χ2v) is 9.48. The zero-order valence-electron chi connectivity index (χ0n) is 20.0. The number of pyridine rings is 1. The number of aromatic nitrogens is 5. The first kappa shape index (κ1) is 22.8. The molecule has 186 valence electrons. The van der Waals surface area contributed by atoms with Gasteiger partial charge in [0.15, 0.2) is 5.65 Å². The number of fused-ring (bicyclic) bond motifs is 3. The van der Waals surface area contributed by atoms with Gasteiger partial charge in [0.1, 0.15) is 34.8 Å². The van der Waals surface area contributed by atoms with Crippen LogP contribution < -0.4 is 14.8 Å². The molecule has 2 saturated heterocycles. The number of methoxy groups -OCH3 is 1. The van der Waals surface area contributed by atoms with Crippen molar-refractivity contribution in [3.8, 4) is 23.1 Å². The zero-order chi connectivity index (χ0) is 24.8. The van der Waals surface area contributed by atoms with E-state index >= 15 is 4.39 Å². The van der Waals surface area contributed by atoms with Crippen LogP contribution in [0.15, 0.2) is 36.7 Å². The van der Waals surface area contributed by atoms with Gasteiger partial charge in [-0.25, -0.2) is 13.8 Å². The van der Waals surface area contributed by atoms with Crippen LogP contribution in [0.3, 0.4) is 0 Å². The average Bonchev–Trinajstić information content (AvgIpc) is 3.40. The summed E-state index contributed by atoms with van der Waals surface area (Å²) in [5.41, 5.74) is 2.46. The fourth-order valence-corrected chi connectivity index (χ4v) is 5.30. The first-order chi connectivity index (χ1) is 17.5. The van der Waals surface area contributed by atoms with Gasteiger partial charge in [-0.05, 0) is 44.7 Å². The highest BCUT2D eigenvalue weighted by Crippen LogP contribution is 2.31. The molecule has 5 heterocycles. The fraction of sp³-hybridized carbons (Fsp3) is 0.385. The van der Waals surface area contributed by atoms with Crippen molar-refractivity contribution in [3.05, 3.63) is 59.6 Å². The van der Waals surface area contributed by atoms with E-state index in [0.717, 1.165) is 19.0 Å². The smallest absolute Gasteiger partial charge is 0.318 e. The lowest BCUT2D eigenvalue weighted by molar-refractivity contribution is 0.137. The number of halogens is 2. The Kier molecular flexibility index (Phi) is 5.75. The van der Waals surface area contributed by atoms with E-state index in [4.69, 9.17) is 9.47 Å². The summed E-state index contributed by atoms with van der Waals surface area (Å²) in [7, 11) is 1.48. The van der Waals surface area contributed by atoms with E-state index in [1.807, 2.05) is 0 Å². The van der Waals surface area contributed by atoms with Crippen molar-refractivity contribution in [1.82, 2.24) is 29.8 Å². The average molecular weight is 493 g/mol. The summed E-state index contributed by atoms with van der Waals surface area (Å²) >= 11 is 0. The van der Waals surface area contributed by atoms with E-state index < -0.39 is 11.6 Å². The minimum absolute atomic E-state index is 0.0887. The Morgan fingerprint density at radius 2 is 1.86 bits per heavy atom.